The van der Waals surface area contributed by atoms with E-state index >= 15 is 0 Å². The number of benzene rings is 1. The number of hydrogen-bond donors (Lipinski definition) is 0. The summed E-state index contributed by atoms with van der Waals surface area (Å²) in [5.74, 6) is 0.823. The lowest BCUT2D eigenvalue weighted by Crippen LogP contribution is -2.39. The van der Waals surface area contributed by atoms with E-state index in [0.29, 0.717) is 42.2 Å². The molecule has 0 radical (unpaired) electrons. The number of furan rings is 1. The van der Waals surface area contributed by atoms with E-state index in [1.54, 1.807) is 55.7 Å². The first-order valence-electron chi connectivity index (χ1n) is 10.3. The van der Waals surface area contributed by atoms with Crippen LogP contribution in [0.2, 0.25) is 10.0 Å². The van der Waals surface area contributed by atoms with Crippen molar-refractivity contribution in [3.63, 3.8) is 0 Å². The smallest absolute Gasteiger partial charge is 0.271 e. The highest BCUT2D eigenvalue weighted by molar-refractivity contribution is 7.07. The Labute approximate surface area is 208 Å². The lowest BCUT2D eigenvalue weighted by molar-refractivity contribution is -0.114. The van der Waals surface area contributed by atoms with Gasteiger partial charge in [-0.25, -0.2) is 4.99 Å². The molecular formula is C25H17Cl2N3O3S. The highest BCUT2D eigenvalue weighted by Gasteiger charge is 2.33. The molecule has 9 heteroatoms. The number of aromatic nitrogens is 2. The van der Waals surface area contributed by atoms with Crippen LogP contribution in [0.25, 0.3) is 17.4 Å². The van der Waals surface area contributed by atoms with Crippen LogP contribution in [0.5, 0.6) is 0 Å². The van der Waals surface area contributed by atoms with Crippen molar-refractivity contribution in [1.29, 1.82) is 0 Å². The lowest BCUT2D eigenvalue weighted by Gasteiger charge is -2.22. The second-order valence-corrected chi connectivity index (χ2v) is 9.57. The molecule has 0 N–H and O–H groups in total. The van der Waals surface area contributed by atoms with Crippen LogP contribution >= 0.6 is 34.5 Å². The number of nitrogens with zero attached hydrogens (tertiary/aromatic N) is 3. The number of Topliss-reactive ketones (excluding diaryl/α,β-unsaturated/α-hetero) is 1. The molecule has 1 aromatic carbocycles. The number of fused-ring (bicyclic) bond motifs is 1. The van der Waals surface area contributed by atoms with Crippen molar-refractivity contribution >= 4 is 46.4 Å². The number of hydrogen-bond acceptors (Lipinski definition) is 6. The van der Waals surface area contributed by atoms with Crippen molar-refractivity contribution in [3.8, 4) is 11.3 Å². The highest BCUT2D eigenvalue weighted by atomic mass is 35.5. The van der Waals surface area contributed by atoms with E-state index in [2.05, 4.69) is 9.98 Å². The van der Waals surface area contributed by atoms with Gasteiger partial charge in [0.25, 0.3) is 5.56 Å². The zero-order chi connectivity index (χ0) is 24.0. The normalized spacial score (nSPS) is 15.9. The predicted molar refractivity (Wildman–Crippen MR) is 133 cm³/mol. The maximum absolute atomic E-state index is 13.5. The average Bonchev–Trinajstić information content (AvgIpc) is 3.41. The van der Waals surface area contributed by atoms with E-state index in [1.165, 1.54) is 22.8 Å². The summed E-state index contributed by atoms with van der Waals surface area (Å²) in [6.07, 6.45) is 5.12. The van der Waals surface area contributed by atoms with Crippen molar-refractivity contribution in [2.45, 2.75) is 19.9 Å². The summed E-state index contributed by atoms with van der Waals surface area (Å²) in [7, 11) is 0. The molecular weight excluding hydrogens is 493 g/mol. The zero-order valence-corrected chi connectivity index (χ0v) is 20.4. The summed E-state index contributed by atoms with van der Waals surface area (Å²) < 4.78 is 8.20. The Hall–Kier alpha value is -3.26. The Morgan fingerprint density at radius 2 is 1.88 bits per heavy atom. The van der Waals surface area contributed by atoms with E-state index < -0.39 is 6.04 Å². The summed E-state index contributed by atoms with van der Waals surface area (Å²) in [5, 5.41) is 0.845. The summed E-state index contributed by atoms with van der Waals surface area (Å²) in [6.45, 7) is 3.24. The topological polar surface area (TPSA) is 77.5 Å². The van der Waals surface area contributed by atoms with E-state index in [9.17, 15) is 9.59 Å². The third kappa shape index (κ3) is 3.96. The van der Waals surface area contributed by atoms with Gasteiger partial charge in [-0.15, -0.1) is 0 Å². The number of rotatable bonds is 4. The van der Waals surface area contributed by atoms with E-state index in [1.807, 2.05) is 12.1 Å². The van der Waals surface area contributed by atoms with Gasteiger partial charge in [-0.05, 0) is 68.0 Å². The maximum Gasteiger partial charge on any atom is 0.271 e. The van der Waals surface area contributed by atoms with Gasteiger partial charge in [-0.3, -0.25) is 19.1 Å². The molecule has 0 saturated heterocycles. The second-order valence-electron chi connectivity index (χ2n) is 7.75. The first-order valence-corrected chi connectivity index (χ1v) is 11.9. The first kappa shape index (κ1) is 22.5. The summed E-state index contributed by atoms with van der Waals surface area (Å²) >= 11 is 13.5. The Kier molecular flexibility index (Phi) is 5.85. The number of carbonyl (C=O) groups excluding carboxylic acids is 1. The van der Waals surface area contributed by atoms with Crippen molar-refractivity contribution < 1.29 is 9.21 Å². The van der Waals surface area contributed by atoms with Gasteiger partial charge in [-0.2, -0.15) is 0 Å². The highest BCUT2D eigenvalue weighted by Crippen LogP contribution is 2.35. The van der Waals surface area contributed by atoms with Gasteiger partial charge in [0.05, 0.1) is 14.6 Å². The Balaban J connectivity index is 1.69. The van der Waals surface area contributed by atoms with Crippen LogP contribution in [-0.4, -0.2) is 15.3 Å². The predicted octanol–water partition coefficient (Wildman–Crippen LogP) is 4.79. The minimum atomic E-state index is -0.732. The molecule has 3 aromatic heterocycles. The molecule has 0 amide bonds. The monoisotopic (exact) mass is 509 g/mol. The third-order valence-corrected chi connectivity index (χ3v) is 7.23. The molecule has 6 nitrogen and oxygen atoms in total. The molecule has 1 aliphatic rings. The standard InChI is InChI=1S/C25H17Cl2N3O3S/c1-13-22(14(2)31)23(20-6-5-19(33-20)16-3-4-17(26)18(27)12-16)30-24(32)21(34-25(30)29-13)11-15-7-9-28-10-8-15/h3-12,23H,1-2H3/b21-11+/t23-/m1/s1. The molecule has 0 spiro atoms. The van der Waals surface area contributed by atoms with Crippen LogP contribution in [0.3, 0.4) is 0 Å². The Morgan fingerprint density at radius 3 is 2.59 bits per heavy atom. The van der Waals surface area contributed by atoms with E-state index in [0.717, 1.165) is 11.1 Å². The molecule has 5 rings (SSSR count). The molecule has 34 heavy (non-hydrogen) atoms. The van der Waals surface area contributed by atoms with Gasteiger partial charge in [0.15, 0.2) is 10.6 Å². The minimum Gasteiger partial charge on any atom is -0.458 e. The third-order valence-electron chi connectivity index (χ3n) is 5.51. The number of allylic oxidation sites excluding steroid dienone is 2. The molecule has 0 saturated carbocycles. The molecule has 0 aliphatic carbocycles. The lowest BCUT2D eigenvalue weighted by atomic mass is 9.98. The zero-order valence-electron chi connectivity index (χ0n) is 18.1. The average molecular weight is 510 g/mol. The summed E-state index contributed by atoms with van der Waals surface area (Å²) in [6, 6.07) is 11.7. The summed E-state index contributed by atoms with van der Waals surface area (Å²) in [4.78, 5) is 35.2. The fraction of sp³-hybridized carbons (Fsp3) is 0.120. The SMILES string of the molecule is CC(=O)C1=C(C)N=c2s/c(=C/c3ccncc3)c(=O)n2[C@@H]1c1ccc(-c2ccc(Cl)c(Cl)c2)o1. The van der Waals surface area contributed by atoms with Crippen molar-refractivity contribution in [2.24, 2.45) is 4.99 Å². The fourth-order valence-corrected chi connectivity index (χ4v) is 5.30. The van der Waals surface area contributed by atoms with Crippen LogP contribution in [0, 0.1) is 0 Å². The summed E-state index contributed by atoms with van der Waals surface area (Å²) in [5.41, 5.74) is 2.30. The van der Waals surface area contributed by atoms with Crippen molar-refractivity contribution in [1.82, 2.24) is 9.55 Å². The van der Waals surface area contributed by atoms with Crippen molar-refractivity contribution in [3.05, 3.63) is 107 Å². The largest absolute Gasteiger partial charge is 0.458 e. The molecule has 170 valence electrons. The maximum atomic E-state index is 13.5. The Morgan fingerprint density at radius 1 is 1.12 bits per heavy atom. The number of pyridine rings is 1. The molecule has 4 aromatic rings. The van der Waals surface area contributed by atoms with Crippen molar-refractivity contribution in [2.75, 3.05) is 0 Å². The fourth-order valence-electron chi connectivity index (χ4n) is 3.96. The number of carbonyl (C=O) groups is 1. The van der Waals surface area contributed by atoms with Gasteiger partial charge in [0.2, 0.25) is 0 Å². The molecule has 1 aliphatic heterocycles. The van der Waals surface area contributed by atoms with Crippen LogP contribution in [-0.2, 0) is 4.79 Å². The van der Waals surface area contributed by atoms with Gasteiger partial charge >= 0.3 is 0 Å². The van der Waals surface area contributed by atoms with Crippen LogP contribution in [0.15, 0.2) is 80.3 Å². The molecule has 4 heterocycles. The number of ketones is 1. The minimum absolute atomic E-state index is 0.179. The molecule has 0 bridgehead atoms. The molecule has 1 atom stereocenters. The Bertz CT molecular complexity index is 1650. The van der Waals surface area contributed by atoms with E-state index in [-0.39, 0.29) is 11.3 Å². The molecule has 0 unspecified atom stereocenters. The van der Waals surface area contributed by atoms with Gasteiger partial charge in [-0.1, -0.05) is 34.5 Å². The number of thiazole rings is 1. The van der Waals surface area contributed by atoms with E-state index in [4.69, 9.17) is 27.6 Å². The van der Waals surface area contributed by atoms with Gasteiger partial charge in [0, 0.05) is 29.2 Å². The first-order chi connectivity index (χ1) is 16.3. The number of halogens is 2. The van der Waals surface area contributed by atoms with Crippen LogP contribution in [0.4, 0.5) is 0 Å². The van der Waals surface area contributed by atoms with Crippen LogP contribution in [0.1, 0.15) is 31.2 Å². The van der Waals surface area contributed by atoms with Crippen LogP contribution < -0.4 is 14.9 Å². The van der Waals surface area contributed by atoms with Gasteiger partial charge < -0.3 is 4.42 Å². The molecule has 0 fully saturated rings. The second kappa shape index (κ2) is 8.83. The van der Waals surface area contributed by atoms with Gasteiger partial charge in [0.1, 0.15) is 17.6 Å². The quantitative estimate of drug-likeness (QED) is 0.396.